The van der Waals surface area contributed by atoms with Crippen LogP contribution in [0.25, 0.3) is 0 Å². The van der Waals surface area contributed by atoms with Crippen LogP contribution in [-0.4, -0.2) is 12.7 Å². The summed E-state index contributed by atoms with van der Waals surface area (Å²) in [6, 6.07) is 0. The van der Waals surface area contributed by atoms with E-state index in [-0.39, 0.29) is 0 Å². The van der Waals surface area contributed by atoms with Crippen LogP contribution < -0.4 is 0 Å². The molecule has 0 N–H and O–H groups in total. The van der Waals surface area contributed by atoms with Crippen molar-refractivity contribution in [2.24, 2.45) is 0 Å². The van der Waals surface area contributed by atoms with Gasteiger partial charge in [-0.05, 0) is 19.8 Å². The Kier molecular flexibility index (Phi) is 3.52. The van der Waals surface area contributed by atoms with Crippen molar-refractivity contribution in [2.45, 2.75) is 38.7 Å². The van der Waals surface area contributed by atoms with Crippen molar-refractivity contribution in [2.75, 3.05) is 6.61 Å². The zero-order valence-electron chi connectivity index (χ0n) is 6.68. The molecule has 10 heavy (non-hydrogen) atoms. The van der Waals surface area contributed by atoms with Crippen molar-refractivity contribution in [3.8, 4) is 0 Å². The normalized spacial score (nSPS) is 28.7. The first-order valence-electron chi connectivity index (χ1n) is 4.18. The van der Waals surface area contributed by atoms with Gasteiger partial charge in [-0.3, -0.25) is 0 Å². The van der Waals surface area contributed by atoms with E-state index in [9.17, 15) is 0 Å². The molecule has 1 heterocycles. The van der Waals surface area contributed by atoms with Crippen LogP contribution in [0, 0.1) is 0 Å². The second-order valence-corrected chi connectivity index (χ2v) is 2.78. The van der Waals surface area contributed by atoms with Gasteiger partial charge in [0.1, 0.15) is 0 Å². The van der Waals surface area contributed by atoms with Crippen molar-refractivity contribution in [3.05, 3.63) is 12.2 Å². The Morgan fingerprint density at radius 1 is 1.30 bits per heavy atom. The van der Waals surface area contributed by atoms with Gasteiger partial charge in [0.05, 0.1) is 6.10 Å². The predicted octanol–water partition coefficient (Wildman–Crippen LogP) is 2.52. The van der Waals surface area contributed by atoms with Gasteiger partial charge in [-0.1, -0.05) is 25.0 Å². The molecule has 0 radical (unpaired) electrons. The van der Waals surface area contributed by atoms with Gasteiger partial charge < -0.3 is 4.74 Å². The maximum atomic E-state index is 5.56. The van der Waals surface area contributed by atoms with Crippen LogP contribution in [-0.2, 0) is 4.74 Å². The quantitative estimate of drug-likeness (QED) is 0.508. The first-order valence-corrected chi connectivity index (χ1v) is 4.18. The van der Waals surface area contributed by atoms with Gasteiger partial charge in [-0.25, -0.2) is 0 Å². The molecule has 0 bridgehead atoms. The molecule has 0 aromatic rings. The zero-order valence-corrected chi connectivity index (χ0v) is 6.68. The number of rotatable bonds is 1. The van der Waals surface area contributed by atoms with Crippen LogP contribution in [0.2, 0.25) is 0 Å². The van der Waals surface area contributed by atoms with Crippen LogP contribution in [0.15, 0.2) is 12.2 Å². The number of ether oxygens (including phenoxy) is 1. The highest BCUT2D eigenvalue weighted by molar-refractivity contribution is 4.87. The Morgan fingerprint density at radius 3 is 3.00 bits per heavy atom. The molecule has 1 rings (SSSR count). The van der Waals surface area contributed by atoms with Gasteiger partial charge in [0, 0.05) is 6.61 Å². The lowest BCUT2D eigenvalue weighted by Crippen LogP contribution is -2.07. The van der Waals surface area contributed by atoms with E-state index >= 15 is 0 Å². The van der Waals surface area contributed by atoms with Crippen molar-refractivity contribution in [1.29, 1.82) is 0 Å². The molecular weight excluding hydrogens is 124 g/mol. The molecule has 1 aliphatic heterocycles. The van der Waals surface area contributed by atoms with Gasteiger partial charge >= 0.3 is 0 Å². The maximum Gasteiger partial charge on any atom is 0.0755 e. The van der Waals surface area contributed by atoms with Crippen LogP contribution in [0.4, 0.5) is 0 Å². The molecule has 1 unspecified atom stereocenters. The smallest absolute Gasteiger partial charge is 0.0755 e. The van der Waals surface area contributed by atoms with Crippen LogP contribution in [0.3, 0.4) is 0 Å². The van der Waals surface area contributed by atoms with E-state index in [0.717, 1.165) is 6.61 Å². The van der Waals surface area contributed by atoms with Crippen molar-refractivity contribution in [3.63, 3.8) is 0 Å². The maximum absolute atomic E-state index is 5.56. The highest BCUT2D eigenvalue weighted by Gasteiger charge is 2.07. The average Bonchev–Trinajstić information content (AvgIpc) is 2.17. The standard InChI is InChI=1S/C9H16O/c1-2-6-9-7-4-3-5-8-10-9/h2,6,9H,3-5,7-8H2,1H3. The molecule has 0 aromatic heterocycles. The number of hydrogen-bond acceptors (Lipinski definition) is 1. The molecule has 1 aliphatic rings. The molecule has 1 saturated heterocycles. The first kappa shape index (κ1) is 7.80. The van der Waals surface area contributed by atoms with Crippen molar-refractivity contribution < 1.29 is 4.74 Å². The Labute approximate surface area is 63.1 Å². The van der Waals surface area contributed by atoms with Gasteiger partial charge in [-0.15, -0.1) is 0 Å². The summed E-state index contributed by atoms with van der Waals surface area (Å²) in [6.07, 6.45) is 9.77. The largest absolute Gasteiger partial charge is 0.374 e. The fraction of sp³-hybridized carbons (Fsp3) is 0.778. The molecule has 1 nitrogen and oxygen atoms in total. The minimum Gasteiger partial charge on any atom is -0.374 e. The van der Waals surface area contributed by atoms with Crippen molar-refractivity contribution in [1.82, 2.24) is 0 Å². The fourth-order valence-corrected chi connectivity index (χ4v) is 1.31. The molecule has 1 atom stereocenters. The highest BCUT2D eigenvalue weighted by atomic mass is 16.5. The summed E-state index contributed by atoms with van der Waals surface area (Å²) in [6.45, 7) is 3.00. The monoisotopic (exact) mass is 140 g/mol. The van der Waals surface area contributed by atoms with Gasteiger partial charge in [0.15, 0.2) is 0 Å². The third-order valence-corrected chi connectivity index (χ3v) is 1.87. The third-order valence-electron chi connectivity index (χ3n) is 1.87. The Morgan fingerprint density at radius 2 is 2.20 bits per heavy atom. The molecule has 0 spiro atoms. The molecule has 0 saturated carbocycles. The summed E-state index contributed by atoms with van der Waals surface area (Å²) in [5, 5.41) is 0. The summed E-state index contributed by atoms with van der Waals surface area (Å²) in [4.78, 5) is 0. The molecule has 0 aliphatic carbocycles. The summed E-state index contributed by atoms with van der Waals surface area (Å²) in [5.74, 6) is 0. The van der Waals surface area contributed by atoms with Gasteiger partial charge in [-0.2, -0.15) is 0 Å². The lowest BCUT2D eigenvalue weighted by atomic mass is 10.1. The van der Waals surface area contributed by atoms with Crippen LogP contribution >= 0.6 is 0 Å². The summed E-state index contributed by atoms with van der Waals surface area (Å²) >= 11 is 0. The fourth-order valence-electron chi connectivity index (χ4n) is 1.31. The van der Waals surface area contributed by atoms with Gasteiger partial charge in [0.2, 0.25) is 0 Å². The minimum atomic E-state index is 0.410. The number of allylic oxidation sites excluding steroid dienone is 1. The average molecular weight is 140 g/mol. The predicted molar refractivity (Wildman–Crippen MR) is 43.0 cm³/mol. The van der Waals surface area contributed by atoms with E-state index in [4.69, 9.17) is 4.74 Å². The third kappa shape index (κ3) is 2.53. The number of hydrogen-bond donors (Lipinski definition) is 0. The Hall–Kier alpha value is -0.300. The second kappa shape index (κ2) is 4.51. The molecule has 1 fully saturated rings. The first-order chi connectivity index (χ1) is 4.93. The molecule has 1 heteroatoms. The summed E-state index contributed by atoms with van der Waals surface area (Å²) in [5.41, 5.74) is 0. The van der Waals surface area contributed by atoms with Crippen LogP contribution in [0.5, 0.6) is 0 Å². The molecular formula is C9H16O. The van der Waals surface area contributed by atoms with Crippen molar-refractivity contribution >= 4 is 0 Å². The zero-order chi connectivity index (χ0) is 7.23. The molecule has 0 amide bonds. The van der Waals surface area contributed by atoms with E-state index in [2.05, 4.69) is 12.2 Å². The van der Waals surface area contributed by atoms with E-state index in [0.29, 0.717) is 6.10 Å². The summed E-state index contributed by atoms with van der Waals surface area (Å²) < 4.78 is 5.56. The SMILES string of the molecule is CC=CC1CCCCCO1. The van der Waals surface area contributed by atoms with E-state index < -0.39 is 0 Å². The lowest BCUT2D eigenvalue weighted by Gasteiger charge is -2.08. The van der Waals surface area contributed by atoms with E-state index in [1.807, 2.05) is 6.92 Å². The van der Waals surface area contributed by atoms with Gasteiger partial charge in [0.25, 0.3) is 0 Å². The Balaban J connectivity index is 2.28. The van der Waals surface area contributed by atoms with E-state index in [1.54, 1.807) is 0 Å². The second-order valence-electron chi connectivity index (χ2n) is 2.78. The van der Waals surface area contributed by atoms with E-state index in [1.165, 1.54) is 25.7 Å². The lowest BCUT2D eigenvalue weighted by molar-refractivity contribution is 0.0916. The minimum absolute atomic E-state index is 0.410. The molecule has 58 valence electrons. The van der Waals surface area contributed by atoms with Crippen LogP contribution in [0.1, 0.15) is 32.6 Å². The summed E-state index contributed by atoms with van der Waals surface area (Å²) in [7, 11) is 0. The Bertz CT molecular complexity index is 99.3. The molecule has 0 aromatic carbocycles. The topological polar surface area (TPSA) is 9.23 Å². The highest BCUT2D eigenvalue weighted by Crippen LogP contribution is 2.13.